The maximum absolute atomic E-state index is 4.47. The van der Waals surface area contributed by atoms with Gasteiger partial charge in [0.15, 0.2) is 0 Å². The van der Waals surface area contributed by atoms with E-state index in [-0.39, 0.29) is 0 Å². The van der Waals surface area contributed by atoms with Gasteiger partial charge in [0.2, 0.25) is 0 Å². The van der Waals surface area contributed by atoms with Gasteiger partial charge in [-0.3, -0.25) is 0 Å². The highest BCUT2D eigenvalue weighted by Gasteiger charge is 2.12. The summed E-state index contributed by atoms with van der Waals surface area (Å²) < 4.78 is 5.38. The summed E-state index contributed by atoms with van der Waals surface area (Å²) in [6.07, 6.45) is 3.78. The predicted molar refractivity (Wildman–Crippen MR) is 62.5 cm³/mol. The third kappa shape index (κ3) is 1.68. The van der Waals surface area contributed by atoms with Crippen molar-refractivity contribution in [3.05, 3.63) is 18.5 Å². The molecule has 2 aromatic heterocycles. The number of fused-ring (bicyclic) bond motifs is 1. The van der Waals surface area contributed by atoms with Crippen LogP contribution in [-0.2, 0) is 0 Å². The molecule has 0 unspecified atom stereocenters. The Morgan fingerprint density at radius 1 is 1.27 bits per heavy atom. The molecule has 5 heteroatoms. The summed E-state index contributed by atoms with van der Waals surface area (Å²) in [6.45, 7) is 4.17. The highest BCUT2D eigenvalue weighted by molar-refractivity contribution is 7.13. The number of nitrogens with zero attached hydrogens (tertiary/aromatic N) is 3. The zero-order valence-corrected chi connectivity index (χ0v) is 9.13. The van der Waals surface area contributed by atoms with Crippen LogP contribution in [0.3, 0.4) is 0 Å². The van der Waals surface area contributed by atoms with E-state index in [1.807, 2.05) is 12.4 Å². The van der Waals surface area contributed by atoms with Gasteiger partial charge in [-0.2, -0.15) is 4.37 Å². The maximum Gasteiger partial charge on any atom is 0.130 e. The van der Waals surface area contributed by atoms with Crippen molar-refractivity contribution in [2.75, 3.05) is 31.1 Å². The van der Waals surface area contributed by atoms with E-state index in [1.54, 1.807) is 0 Å². The van der Waals surface area contributed by atoms with Crippen molar-refractivity contribution in [1.29, 1.82) is 0 Å². The zero-order valence-electron chi connectivity index (χ0n) is 8.31. The minimum Gasteiger partial charge on any atom is -0.354 e. The lowest BCUT2D eigenvalue weighted by Gasteiger charge is -2.28. The predicted octanol–water partition coefficient (Wildman–Crippen LogP) is 1.10. The molecule has 0 aliphatic carbocycles. The molecule has 1 aliphatic heterocycles. The summed E-state index contributed by atoms with van der Waals surface area (Å²) in [7, 11) is 0. The number of pyridine rings is 1. The normalized spacial score (nSPS) is 17.2. The molecule has 0 amide bonds. The topological polar surface area (TPSA) is 41.1 Å². The van der Waals surface area contributed by atoms with Gasteiger partial charge in [-0.1, -0.05) is 0 Å². The Morgan fingerprint density at radius 2 is 2.13 bits per heavy atom. The Bertz CT molecular complexity index is 461. The van der Waals surface area contributed by atoms with E-state index >= 15 is 0 Å². The van der Waals surface area contributed by atoms with Crippen LogP contribution in [0.2, 0.25) is 0 Å². The lowest BCUT2D eigenvalue weighted by molar-refractivity contribution is 0.585. The van der Waals surface area contributed by atoms with E-state index < -0.39 is 0 Å². The molecule has 78 valence electrons. The van der Waals surface area contributed by atoms with Crippen LogP contribution in [0, 0.1) is 0 Å². The van der Waals surface area contributed by atoms with Gasteiger partial charge in [0, 0.05) is 43.8 Å². The van der Waals surface area contributed by atoms with Crippen molar-refractivity contribution in [2.24, 2.45) is 0 Å². The van der Waals surface area contributed by atoms with Crippen LogP contribution in [0.25, 0.3) is 10.1 Å². The lowest BCUT2D eigenvalue weighted by atomic mass is 10.3. The average Bonchev–Trinajstić information content (AvgIpc) is 2.77. The lowest BCUT2D eigenvalue weighted by Crippen LogP contribution is -2.43. The molecule has 2 aromatic rings. The van der Waals surface area contributed by atoms with Gasteiger partial charge >= 0.3 is 0 Å². The third-order valence-electron chi connectivity index (χ3n) is 2.66. The van der Waals surface area contributed by atoms with E-state index in [2.05, 4.69) is 25.6 Å². The molecule has 1 aliphatic rings. The molecular weight excluding hydrogens is 208 g/mol. The van der Waals surface area contributed by atoms with Gasteiger partial charge in [-0.15, -0.1) is 0 Å². The van der Waals surface area contributed by atoms with Gasteiger partial charge in [-0.05, 0) is 11.5 Å². The summed E-state index contributed by atoms with van der Waals surface area (Å²) in [5.41, 5.74) is 0. The molecule has 1 saturated heterocycles. The first kappa shape index (κ1) is 9.06. The highest BCUT2D eigenvalue weighted by atomic mass is 32.1. The number of anilines is 1. The second-order valence-corrected chi connectivity index (χ2v) is 4.48. The van der Waals surface area contributed by atoms with Crippen molar-refractivity contribution in [3.8, 4) is 0 Å². The van der Waals surface area contributed by atoms with Gasteiger partial charge in [0.25, 0.3) is 0 Å². The summed E-state index contributed by atoms with van der Waals surface area (Å²) in [5, 5.41) is 4.48. The molecule has 0 radical (unpaired) electrons. The molecule has 0 atom stereocenters. The van der Waals surface area contributed by atoms with Crippen LogP contribution in [0.5, 0.6) is 0 Å². The summed E-state index contributed by atoms with van der Waals surface area (Å²) >= 11 is 1.53. The van der Waals surface area contributed by atoms with Crippen molar-refractivity contribution in [3.63, 3.8) is 0 Å². The number of piperazine rings is 1. The van der Waals surface area contributed by atoms with Crippen LogP contribution in [-0.4, -0.2) is 35.5 Å². The first-order chi connectivity index (χ1) is 7.43. The van der Waals surface area contributed by atoms with Gasteiger partial charge in [0.05, 0.1) is 10.9 Å². The number of nitrogens with one attached hydrogen (secondary N) is 1. The number of aromatic nitrogens is 2. The molecule has 15 heavy (non-hydrogen) atoms. The molecule has 3 heterocycles. The SMILES string of the molecule is c1nsc2cc(N3CCNCC3)ncc12. The van der Waals surface area contributed by atoms with Crippen LogP contribution in [0.15, 0.2) is 18.5 Å². The number of hydrogen-bond acceptors (Lipinski definition) is 5. The Kier molecular flexibility index (Phi) is 2.26. The molecule has 1 fully saturated rings. The van der Waals surface area contributed by atoms with Crippen LogP contribution >= 0.6 is 11.5 Å². The van der Waals surface area contributed by atoms with E-state index in [0.717, 1.165) is 37.4 Å². The Hall–Kier alpha value is -1.20. The molecule has 0 aromatic carbocycles. The van der Waals surface area contributed by atoms with Crippen LogP contribution < -0.4 is 10.2 Å². The van der Waals surface area contributed by atoms with Crippen molar-refractivity contribution >= 4 is 27.4 Å². The van der Waals surface area contributed by atoms with Gasteiger partial charge in [-0.25, -0.2) is 4.98 Å². The van der Waals surface area contributed by atoms with E-state index in [1.165, 1.54) is 16.2 Å². The number of rotatable bonds is 1. The smallest absolute Gasteiger partial charge is 0.130 e. The molecule has 0 saturated carbocycles. The third-order valence-corrected chi connectivity index (χ3v) is 3.43. The summed E-state index contributed by atoms with van der Waals surface area (Å²) in [5.74, 6) is 1.08. The highest BCUT2D eigenvalue weighted by Crippen LogP contribution is 2.22. The Balaban J connectivity index is 1.95. The summed E-state index contributed by atoms with van der Waals surface area (Å²) in [6, 6.07) is 2.14. The number of hydrogen-bond donors (Lipinski definition) is 1. The fourth-order valence-electron chi connectivity index (χ4n) is 1.82. The average molecular weight is 220 g/mol. The van der Waals surface area contributed by atoms with E-state index in [9.17, 15) is 0 Å². The Morgan fingerprint density at radius 3 is 3.00 bits per heavy atom. The fourth-order valence-corrected chi connectivity index (χ4v) is 2.47. The van der Waals surface area contributed by atoms with Crippen molar-refractivity contribution in [1.82, 2.24) is 14.7 Å². The van der Waals surface area contributed by atoms with Crippen molar-refractivity contribution in [2.45, 2.75) is 0 Å². The second-order valence-electron chi connectivity index (χ2n) is 3.64. The van der Waals surface area contributed by atoms with Gasteiger partial charge < -0.3 is 10.2 Å². The molecule has 0 spiro atoms. The minimum absolute atomic E-state index is 1.04. The summed E-state index contributed by atoms with van der Waals surface area (Å²) in [4.78, 5) is 6.78. The van der Waals surface area contributed by atoms with E-state index in [4.69, 9.17) is 0 Å². The van der Waals surface area contributed by atoms with Crippen LogP contribution in [0.4, 0.5) is 5.82 Å². The zero-order chi connectivity index (χ0) is 10.1. The van der Waals surface area contributed by atoms with Crippen molar-refractivity contribution < 1.29 is 0 Å². The maximum atomic E-state index is 4.47. The molecule has 0 bridgehead atoms. The molecule has 3 rings (SSSR count). The first-order valence-corrected chi connectivity index (χ1v) is 5.87. The first-order valence-electron chi connectivity index (χ1n) is 5.09. The quantitative estimate of drug-likeness (QED) is 0.781. The molecule has 1 N–H and O–H groups in total. The largest absolute Gasteiger partial charge is 0.354 e. The standard InChI is InChI=1S/C10H12N4S/c1-3-14(4-2-11-1)10-5-9-8(6-12-10)7-13-15-9/h5-7,11H,1-4H2. The fraction of sp³-hybridized carbons (Fsp3) is 0.400. The van der Waals surface area contributed by atoms with Gasteiger partial charge in [0.1, 0.15) is 5.82 Å². The molecular formula is C10H12N4S. The van der Waals surface area contributed by atoms with Crippen LogP contribution in [0.1, 0.15) is 0 Å². The second kappa shape index (κ2) is 3.75. The van der Waals surface area contributed by atoms with E-state index in [0.29, 0.717) is 0 Å². The monoisotopic (exact) mass is 220 g/mol. The molecule has 4 nitrogen and oxygen atoms in total. The minimum atomic E-state index is 1.04. The Labute approximate surface area is 92.1 Å².